The van der Waals surface area contributed by atoms with E-state index < -0.39 is 0 Å². The molecule has 0 radical (unpaired) electrons. The quantitative estimate of drug-likeness (QED) is 0.828. The minimum atomic E-state index is 0.571. The third-order valence-corrected chi connectivity index (χ3v) is 2.11. The SMILES string of the molecule is CC(C)CNc1ccc(C#N)cc1Cl. The summed E-state index contributed by atoms with van der Waals surface area (Å²) in [6, 6.07) is 7.31. The third kappa shape index (κ3) is 2.93. The van der Waals surface area contributed by atoms with Gasteiger partial charge in [0.25, 0.3) is 0 Å². The second kappa shape index (κ2) is 4.88. The van der Waals surface area contributed by atoms with Gasteiger partial charge in [-0.1, -0.05) is 25.4 Å². The average Bonchev–Trinajstić information content (AvgIpc) is 2.15. The van der Waals surface area contributed by atoms with E-state index in [1.54, 1.807) is 12.1 Å². The van der Waals surface area contributed by atoms with Crippen LogP contribution in [0.1, 0.15) is 19.4 Å². The molecule has 0 aliphatic heterocycles. The number of hydrogen-bond donors (Lipinski definition) is 1. The van der Waals surface area contributed by atoms with Crippen molar-refractivity contribution in [3.63, 3.8) is 0 Å². The topological polar surface area (TPSA) is 35.8 Å². The molecule has 0 bridgehead atoms. The van der Waals surface area contributed by atoms with Crippen LogP contribution in [0.25, 0.3) is 0 Å². The molecule has 0 unspecified atom stereocenters. The van der Waals surface area contributed by atoms with E-state index >= 15 is 0 Å². The van der Waals surface area contributed by atoms with Gasteiger partial charge in [0.15, 0.2) is 0 Å². The Morgan fingerprint density at radius 3 is 2.71 bits per heavy atom. The molecule has 14 heavy (non-hydrogen) atoms. The van der Waals surface area contributed by atoms with Crippen molar-refractivity contribution < 1.29 is 0 Å². The van der Waals surface area contributed by atoms with Gasteiger partial charge < -0.3 is 5.32 Å². The highest BCUT2D eigenvalue weighted by molar-refractivity contribution is 6.33. The van der Waals surface area contributed by atoms with Gasteiger partial charge in [0.1, 0.15) is 0 Å². The van der Waals surface area contributed by atoms with E-state index in [2.05, 4.69) is 19.2 Å². The van der Waals surface area contributed by atoms with Crippen molar-refractivity contribution in [1.82, 2.24) is 0 Å². The zero-order valence-electron chi connectivity index (χ0n) is 8.34. The maximum atomic E-state index is 8.64. The molecule has 0 fully saturated rings. The van der Waals surface area contributed by atoms with Crippen molar-refractivity contribution in [3.05, 3.63) is 28.8 Å². The number of halogens is 1. The molecular formula is C11H13ClN2. The molecule has 2 nitrogen and oxygen atoms in total. The number of hydrogen-bond acceptors (Lipinski definition) is 2. The predicted octanol–water partition coefficient (Wildman–Crippen LogP) is 3.28. The minimum Gasteiger partial charge on any atom is -0.384 e. The van der Waals surface area contributed by atoms with Crippen LogP contribution in [0.3, 0.4) is 0 Å². The Morgan fingerprint density at radius 2 is 2.21 bits per heavy atom. The van der Waals surface area contributed by atoms with Gasteiger partial charge in [-0.25, -0.2) is 0 Å². The van der Waals surface area contributed by atoms with Gasteiger partial charge >= 0.3 is 0 Å². The molecule has 1 rings (SSSR count). The maximum Gasteiger partial charge on any atom is 0.0992 e. The molecule has 1 N–H and O–H groups in total. The van der Waals surface area contributed by atoms with Crippen LogP contribution in [0.15, 0.2) is 18.2 Å². The van der Waals surface area contributed by atoms with E-state index in [4.69, 9.17) is 16.9 Å². The Bertz CT molecular complexity index is 353. The van der Waals surface area contributed by atoms with Crippen LogP contribution < -0.4 is 5.32 Å². The molecule has 3 heteroatoms. The lowest BCUT2D eigenvalue weighted by Crippen LogP contribution is -2.08. The normalized spacial score (nSPS) is 9.93. The molecule has 0 saturated heterocycles. The van der Waals surface area contributed by atoms with Crippen molar-refractivity contribution >= 4 is 17.3 Å². The second-order valence-corrected chi connectivity index (χ2v) is 3.99. The van der Waals surface area contributed by atoms with E-state index in [1.807, 2.05) is 12.1 Å². The van der Waals surface area contributed by atoms with Gasteiger partial charge in [-0.15, -0.1) is 0 Å². The lowest BCUT2D eigenvalue weighted by Gasteiger charge is -2.10. The van der Waals surface area contributed by atoms with E-state index in [0.717, 1.165) is 12.2 Å². The van der Waals surface area contributed by atoms with Crippen molar-refractivity contribution in [3.8, 4) is 6.07 Å². The Balaban J connectivity index is 2.75. The van der Waals surface area contributed by atoms with Gasteiger partial charge in [-0.2, -0.15) is 5.26 Å². The Kier molecular flexibility index (Phi) is 3.79. The lowest BCUT2D eigenvalue weighted by molar-refractivity contribution is 0.689. The molecule has 0 aliphatic rings. The fourth-order valence-electron chi connectivity index (χ4n) is 1.04. The standard InChI is InChI=1S/C11H13ClN2/c1-8(2)7-14-11-4-3-9(6-13)5-10(11)12/h3-5,8,14H,7H2,1-2H3. The van der Waals surface area contributed by atoms with E-state index in [1.165, 1.54) is 0 Å². The molecule has 1 aromatic carbocycles. The highest BCUT2D eigenvalue weighted by atomic mass is 35.5. The van der Waals surface area contributed by atoms with Gasteiger partial charge in [0.05, 0.1) is 22.3 Å². The largest absolute Gasteiger partial charge is 0.384 e. The Morgan fingerprint density at radius 1 is 1.50 bits per heavy atom. The van der Waals surface area contributed by atoms with E-state index in [0.29, 0.717) is 16.5 Å². The van der Waals surface area contributed by atoms with Crippen LogP contribution in [0.2, 0.25) is 5.02 Å². The maximum absolute atomic E-state index is 8.64. The molecule has 0 amide bonds. The third-order valence-electron chi connectivity index (χ3n) is 1.80. The molecule has 0 saturated carbocycles. The van der Waals surface area contributed by atoms with Crippen molar-refractivity contribution in [2.24, 2.45) is 5.92 Å². The van der Waals surface area contributed by atoms with Gasteiger partial charge in [0.2, 0.25) is 0 Å². The lowest BCUT2D eigenvalue weighted by atomic mass is 10.2. The average molecular weight is 209 g/mol. The van der Waals surface area contributed by atoms with Crippen LogP contribution in [0.5, 0.6) is 0 Å². The molecule has 0 atom stereocenters. The van der Waals surface area contributed by atoms with Crippen molar-refractivity contribution in [2.45, 2.75) is 13.8 Å². The number of anilines is 1. The first-order chi connectivity index (χ1) is 6.63. The van der Waals surface area contributed by atoms with Crippen LogP contribution in [-0.2, 0) is 0 Å². The number of nitriles is 1. The Labute approximate surface area is 89.5 Å². The summed E-state index contributed by atoms with van der Waals surface area (Å²) in [6.45, 7) is 5.14. The summed E-state index contributed by atoms with van der Waals surface area (Å²) in [5.74, 6) is 0.571. The molecule has 0 heterocycles. The fourth-order valence-corrected chi connectivity index (χ4v) is 1.29. The number of nitrogens with zero attached hydrogens (tertiary/aromatic N) is 1. The summed E-state index contributed by atoms with van der Waals surface area (Å²) in [5, 5.41) is 12.5. The van der Waals surface area contributed by atoms with Crippen LogP contribution in [-0.4, -0.2) is 6.54 Å². The summed E-state index contributed by atoms with van der Waals surface area (Å²) >= 11 is 5.98. The fraction of sp³-hybridized carbons (Fsp3) is 0.364. The molecule has 0 spiro atoms. The Hall–Kier alpha value is -1.20. The van der Waals surface area contributed by atoms with Crippen LogP contribution in [0.4, 0.5) is 5.69 Å². The molecule has 1 aromatic rings. The highest BCUT2D eigenvalue weighted by Gasteiger charge is 2.01. The first-order valence-electron chi connectivity index (χ1n) is 4.57. The number of nitrogens with one attached hydrogen (secondary N) is 1. The summed E-state index contributed by atoms with van der Waals surface area (Å²) in [5.41, 5.74) is 1.48. The van der Waals surface area contributed by atoms with E-state index in [9.17, 15) is 0 Å². The zero-order valence-corrected chi connectivity index (χ0v) is 9.10. The number of rotatable bonds is 3. The summed E-state index contributed by atoms with van der Waals surface area (Å²) in [4.78, 5) is 0. The van der Waals surface area contributed by atoms with E-state index in [-0.39, 0.29) is 0 Å². The first kappa shape index (κ1) is 10.9. The summed E-state index contributed by atoms with van der Waals surface area (Å²) in [6.07, 6.45) is 0. The monoisotopic (exact) mass is 208 g/mol. The van der Waals surface area contributed by atoms with Crippen LogP contribution >= 0.6 is 11.6 Å². The summed E-state index contributed by atoms with van der Waals surface area (Å²) < 4.78 is 0. The van der Waals surface area contributed by atoms with Crippen LogP contribution in [0, 0.1) is 17.2 Å². The second-order valence-electron chi connectivity index (χ2n) is 3.58. The smallest absolute Gasteiger partial charge is 0.0992 e. The minimum absolute atomic E-state index is 0.571. The molecule has 0 aliphatic carbocycles. The van der Waals surface area contributed by atoms with Gasteiger partial charge in [0, 0.05) is 6.54 Å². The molecular weight excluding hydrogens is 196 g/mol. The highest BCUT2D eigenvalue weighted by Crippen LogP contribution is 2.22. The first-order valence-corrected chi connectivity index (χ1v) is 4.95. The zero-order chi connectivity index (χ0) is 10.6. The summed E-state index contributed by atoms with van der Waals surface area (Å²) in [7, 11) is 0. The van der Waals surface area contributed by atoms with Crippen molar-refractivity contribution in [2.75, 3.05) is 11.9 Å². The predicted molar refractivity (Wildman–Crippen MR) is 59.5 cm³/mol. The van der Waals surface area contributed by atoms with Gasteiger partial charge in [-0.05, 0) is 24.1 Å². The molecule has 74 valence electrons. The molecule has 0 aromatic heterocycles. The van der Waals surface area contributed by atoms with Gasteiger partial charge in [-0.3, -0.25) is 0 Å². The van der Waals surface area contributed by atoms with Crippen molar-refractivity contribution in [1.29, 1.82) is 5.26 Å². The number of benzene rings is 1.